The van der Waals surface area contributed by atoms with Crippen molar-refractivity contribution in [3.63, 3.8) is 0 Å². The lowest BCUT2D eigenvalue weighted by Crippen LogP contribution is -1.78. The zero-order valence-electron chi connectivity index (χ0n) is 3.05. The summed E-state index contributed by atoms with van der Waals surface area (Å²) in [5.74, 6) is 0. The molecule has 0 N–H and O–H groups in total. The van der Waals surface area contributed by atoms with Crippen molar-refractivity contribution in [3.8, 4) is 0 Å². The fourth-order valence-electron chi connectivity index (χ4n) is 0.0745. The second-order valence-corrected chi connectivity index (χ2v) is 0.619. The van der Waals surface area contributed by atoms with Gasteiger partial charge in [0.1, 0.15) is 0 Å². The van der Waals surface area contributed by atoms with Crippen molar-refractivity contribution in [2.45, 2.75) is 0 Å². The molecule has 0 amide bonds. The summed E-state index contributed by atoms with van der Waals surface area (Å²) in [7, 11) is 0. The molecule has 0 radical (unpaired) electrons. The third kappa shape index (κ3) is 2.92. The molecule has 0 spiro atoms. The van der Waals surface area contributed by atoms with E-state index in [4.69, 9.17) is 0 Å². The lowest BCUT2D eigenvalue weighted by molar-refractivity contribution is -0.402. The van der Waals surface area contributed by atoms with E-state index in [9.17, 15) is 10.1 Å². The van der Waals surface area contributed by atoms with Crippen molar-refractivity contribution in [3.05, 3.63) is 28.6 Å². The molecule has 0 aliphatic heterocycles. The molecule has 0 aromatic rings. The molecular formula is C3H3NO2. The Morgan fingerprint density at radius 2 is 2.50 bits per heavy atom. The molecule has 0 saturated heterocycles. The molecular weight excluding hydrogens is 82.0 g/mol. The smallest absolute Gasteiger partial charge is 0.258 e. The fraction of sp³-hybridized carbons (Fsp3) is 0. The van der Waals surface area contributed by atoms with Crippen LogP contribution in [-0.2, 0) is 0 Å². The first-order valence-electron chi connectivity index (χ1n) is 1.27. The van der Waals surface area contributed by atoms with Gasteiger partial charge >= 0.3 is 0 Å². The number of rotatable bonds is 1. The summed E-state index contributed by atoms with van der Waals surface area (Å²) in [6.45, 7) is 2.98. The lowest BCUT2D eigenvalue weighted by Gasteiger charge is -1.66. The first-order chi connectivity index (χ1) is 2.77. The molecule has 3 nitrogen and oxygen atoms in total. The summed E-state index contributed by atoms with van der Waals surface area (Å²) in [5, 5.41) is 9.25. The minimum atomic E-state index is -0.618. The number of hydrogen-bond acceptors (Lipinski definition) is 2. The molecule has 0 fully saturated rings. The quantitative estimate of drug-likeness (QED) is 0.265. The van der Waals surface area contributed by atoms with Crippen LogP contribution >= 0.6 is 0 Å². The predicted octanol–water partition coefficient (Wildman–Crippen LogP) is 0.562. The number of hydrogen-bond donors (Lipinski definition) is 0. The Balaban J connectivity index is 3.60. The molecule has 0 rings (SSSR count). The normalized spacial score (nSPS) is 6.00. The largest absolute Gasteiger partial charge is 0.276 e. The maximum absolute atomic E-state index is 9.25. The van der Waals surface area contributed by atoms with Gasteiger partial charge in [-0.05, 0) is 0 Å². The van der Waals surface area contributed by atoms with Crippen LogP contribution in [-0.4, -0.2) is 4.92 Å². The van der Waals surface area contributed by atoms with Gasteiger partial charge in [-0.1, -0.05) is 12.3 Å². The third-order valence-electron chi connectivity index (χ3n) is 0.197. The lowest BCUT2D eigenvalue weighted by atomic mass is 10.9. The second-order valence-electron chi connectivity index (χ2n) is 0.619. The first kappa shape index (κ1) is 4.92. The maximum atomic E-state index is 9.25. The monoisotopic (exact) mass is 85.0 g/mol. The van der Waals surface area contributed by atoms with Crippen LogP contribution in [0.1, 0.15) is 0 Å². The van der Waals surface area contributed by atoms with Crippen LogP contribution in [0.5, 0.6) is 0 Å². The number of nitro groups is 1. The van der Waals surface area contributed by atoms with Crippen LogP contribution in [0.25, 0.3) is 0 Å². The Hall–Kier alpha value is -1.08. The van der Waals surface area contributed by atoms with Crippen molar-refractivity contribution in [1.82, 2.24) is 0 Å². The standard InChI is InChI=1S/C3H3NO2/c1-2-3-4(5)6/h3H,1H2. The van der Waals surface area contributed by atoms with E-state index in [1.807, 2.05) is 5.73 Å². The molecule has 0 atom stereocenters. The van der Waals surface area contributed by atoms with Gasteiger partial charge in [0.15, 0.2) is 0 Å². The Labute approximate surface area is 34.7 Å². The number of nitrogens with zero attached hydrogens (tertiary/aromatic N) is 1. The minimum Gasteiger partial charge on any atom is -0.258 e. The highest BCUT2D eigenvalue weighted by atomic mass is 16.6. The summed E-state index contributed by atoms with van der Waals surface area (Å²) in [5.41, 5.74) is 1.99. The zero-order chi connectivity index (χ0) is 4.99. The van der Waals surface area contributed by atoms with E-state index in [1.54, 1.807) is 0 Å². The molecule has 0 bridgehead atoms. The summed E-state index contributed by atoms with van der Waals surface area (Å²) < 4.78 is 0. The highest BCUT2D eigenvalue weighted by Gasteiger charge is 1.72. The first-order valence-corrected chi connectivity index (χ1v) is 1.27. The van der Waals surface area contributed by atoms with Gasteiger partial charge in [-0.25, -0.2) is 0 Å². The molecule has 0 aromatic carbocycles. The Bertz CT molecular complexity index is 101. The van der Waals surface area contributed by atoms with E-state index in [1.165, 1.54) is 0 Å². The van der Waals surface area contributed by atoms with E-state index in [0.717, 1.165) is 0 Å². The molecule has 0 heterocycles. The van der Waals surface area contributed by atoms with Crippen molar-refractivity contribution < 1.29 is 4.92 Å². The Morgan fingerprint density at radius 1 is 2.00 bits per heavy atom. The third-order valence-corrected chi connectivity index (χ3v) is 0.197. The summed E-state index contributed by atoms with van der Waals surface area (Å²) in [6.07, 6.45) is 0.653. The van der Waals surface area contributed by atoms with Crippen LogP contribution in [0, 0.1) is 10.1 Å². The molecule has 0 aliphatic rings. The van der Waals surface area contributed by atoms with Gasteiger partial charge in [0.25, 0.3) is 6.20 Å². The zero-order valence-corrected chi connectivity index (χ0v) is 3.05. The Kier molecular flexibility index (Phi) is 1.78. The van der Waals surface area contributed by atoms with E-state index in [0.29, 0.717) is 6.20 Å². The molecule has 32 valence electrons. The fourth-order valence-corrected chi connectivity index (χ4v) is 0.0745. The summed E-state index contributed by atoms with van der Waals surface area (Å²) >= 11 is 0. The van der Waals surface area contributed by atoms with Gasteiger partial charge in [0.2, 0.25) is 0 Å². The SMILES string of the molecule is C=C=C[N+](=O)[O-]. The highest BCUT2D eigenvalue weighted by Crippen LogP contribution is 1.61. The molecule has 0 aliphatic carbocycles. The van der Waals surface area contributed by atoms with Gasteiger partial charge < -0.3 is 0 Å². The van der Waals surface area contributed by atoms with Crippen molar-refractivity contribution >= 4 is 0 Å². The van der Waals surface area contributed by atoms with Crippen molar-refractivity contribution in [1.29, 1.82) is 0 Å². The van der Waals surface area contributed by atoms with Gasteiger partial charge in [0.05, 0.1) is 4.92 Å². The molecule has 0 unspecified atom stereocenters. The van der Waals surface area contributed by atoms with Crippen LogP contribution in [0.4, 0.5) is 0 Å². The van der Waals surface area contributed by atoms with Crippen molar-refractivity contribution in [2.75, 3.05) is 0 Å². The van der Waals surface area contributed by atoms with E-state index in [2.05, 4.69) is 6.58 Å². The van der Waals surface area contributed by atoms with Gasteiger partial charge in [-0.2, -0.15) is 0 Å². The molecule has 0 aromatic heterocycles. The van der Waals surface area contributed by atoms with Crippen molar-refractivity contribution in [2.24, 2.45) is 0 Å². The van der Waals surface area contributed by atoms with Gasteiger partial charge in [-0.15, -0.1) is 0 Å². The summed E-state index contributed by atoms with van der Waals surface area (Å²) in [6, 6.07) is 0. The van der Waals surface area contributed by atoms with Crippen LogP contribution in [0.2, 0.25) is 0 Å². The Morgan fingerprint density at radius 3 is 2.50 bits per heavy atom. The van der Waals surface area contributed by atoms with Crippen LogP contribution < -0.4 is 0 Å². The van der Waals surface area contributed by atoms with Gasteiger partial charge in [-0.3, -0.25) is 10.1 Å². The van der Waals surface area contributed by atoms with Crippen LogP contribution in [0.15, 0.2) is 18.5 Å². The topological polar surface area (TPSA) is 43.1 Å². The predicted molar refractivity (Wildman–Crippen MR) is 20.7 cm³/mol. The average Bonchev–Trinajstić information content (AvgIpc) is 1.35. The molecule has 0 saturated carbocycles. The van der Waals surface area contributed by atoms with Gasteiger partial charge in [0, 0.05) is 0 Å². The molecule has 6 heavy (non-hydrogen) atoms. The van der Waals surface area contributed by atoms with Crippen LogP contribution in [0.3, 0.4) is 0 Å². The second kappa shape index (κ2) is 2.18. The maximum Gasteiger partial charge on any atom is 0.276 e. The average molecular weight is 85.1 g/mol. The van der Waals surface area contributed by atoms with E-state index < -0.39 is 4.92 Å². The molecule has 3 heteroatoms. The highest BCUT2D eigenvalue weighted by molar-refractivity contribution is 4.61. The van der Waals surface area contributed by atoms with E-state index >= 15 is 0 Å². The minimum absolute atomic E-state index is 0.618. The summed E-state index contributed by atoms with van der Waals surface area (Å²) in [4.78, 5) is 8.63. The van der Waals surface area contributed by atoms with E-state index in [-0.39, 0.29) is 0 Å².